The van der Waals surface area contributed by atoms with E-state index < -0.39 is 17.9 Å². The number of ether oxygens (including phenoxy) is 4. The fraction of sp³-hybridized carbons (Fsp3) is 0.692. The van der Waals surface area contributed by atoms with Gasteiger partial charge in [-0.3, -0.25) is 0 Å². The van der Waals surface area contributed by atoms with E-state index in [1.165, 1.54) is 6.08 Å². The monoisotopic (exact) mass is 272 g/mol. The molecule has 0 radical (unpaired) electrons. The Morgan fingerprint density at radius 2 is 2.11 bits per heavy atom. The topological polar surface area (TPSA) is 71.1 Å². The van der Waals surface area contributed by atoms with Crippen LogP contribution in [0.1, 0.15) is 27.7 Å². The Hall–Kier alpha value is -1.40. The average molecular weight is 272 g/mol. The van der Waals surface area contributed by atoms with Crippen LogP contribution in [0.3, 0.4) is 0 Å². The molecule has 0 aromatic carbocycles. The number of rotatable bonds is 4. The molecule has 1 heterocycles. The van der Waals surface area contributed by atoms with E-state index in [0.717, 1.165) is 6.08 Å². The molecule has 6 nitrogen and oxygen atoms in total. The maximum Gasteiger partial charge on any atom is 0.516 e. The van der Waals surface area contributed by atoms with Gasteiger partial charge in [-0.2, -0.15) is 0 Å². The van der Waals surface area contributed by atoms with E-state index in [2.05, 4.69) is 4.74 Å². The molecule has 0 aromatic rings. The van der Waals surface area contributed by atoms with Crippen molar-refractivity contribution in [2.24, 2.45) is 5.92 Å². The summed E-state index contributed by atoms with van der Waals surface area (Å²) in [5, 5.41) is 0. The summed E-state index contributed by atoms with van der Waals surface area (Å²) in [5.74, 6) is -1.26. The lowest BCUT2D eigenvalue weighted by Crippen LogP contribution is -2.21. The average Bonchev–Trinajstić information content (AvgIpc) is 2.64. The maximum absolute atomic E-state index is 11.3. The number of hydrogen-bond acceptors (Lipinski definition) is 6. The van der Waals surface area contributed by atoms with Crippen LogP contribution in [0.4, 0.5) is 4.79 Å². The van der Waals surface area contributed by atoms with Gasteiger partial charge in [-0.05, 0) is 25.8 Å². The first-order chi connectivity index (χ1) is 8.78. The van der Waals surface area contributed by atoms with E-state index in [1.54, 1.807) is 13.8 Å². The van der Waals surface area contributed by atoms with Crippen LogP contribution in [-0.2, 0) is 23.7 Å². The Labute approximate surface area is 112 Å². The van der Waals surface area contributed by atoms with Crippen molar-refractivity contribution in [2.45, 2.75) is 39.6 Å². The highest BCUT2D eigenvalue weighted by Gasteiger charge is 2.31. The molecule has 0 amide bonds. The Balaban J connectivity index is 2.29. The van der Waals surface area contributed by atoms with Crippen LogP contribution in [0.15, 0.2) is 12.2 Å². The van der Waals surface area contributed by atoms with E-state index >= 15 is 0 Å². The molecule has 1 aliphatic rings. The minimum atomic E-state index is -0.993. The molecule has 19 heavy (non-hydrogen) atoms. The molecule has 1 atom stereocenters. The van der Waals surface area contributed by atoms with Crippen molar-refractivity contribution in [3.63, 3.8) is 0 Å². The normalized spacial score (nSPS) is 21.8. The largest absolute Gasteiger partial charge is 0.516 e. The van der Waals surface area contributed by atoms with Crippen molar-refractivity contribution >= 4 is 12.1 Å². The van der Waals surface area contributed by atoms with Crippen LogP contribution in [-0.4, -0.2) is 37.2 Å². The van der Waals surface area contributed by atoms with Crippen LogP contribution in [0.2, 0.25) is 0 Å². The summed E-state index contributed by atoms with van der Waals surface area (Å²) in [5.41, 5.74) is 0. The van der Waals surface area contributed by atoms with Gasteiger partial charge in [0.15, 0.2) is 5.79 Å². The molecule has 1 saturated heterocycles. The number of carbonyl (C=O) groups is 2. The van der Waals surface area contributed by atoms with Gasteiger partial charge in [0.05, 0.1) is 13.2 Å². The molecular formula is C13H20O6. The predicted molar refractivity (Wildman–Crippen MR) is 66.3 cm³/mol. The van der Waals surface area contributed by atoms with Crippen molar-refractivity contribution in [3.05, 3.63) is 12.2 Å². The highest BCUT2D eigenvalue weighted by atomic mass is 16.7. The summed E-state index contributed by atoms with van der Waals surface area (Å²) < 4.78 is 19.9. The first-order valence-electron chi connectivity index (χ1n) is 6.17. The van der Waals surface area contributed by atoms with Crippen LogP contribution < -0.4 is 0 Å². The van der Waals surface area contributed by atoms with Crippen molar-refractivity contribution < 1.29 is 28.5 Å². The number of esters is 1. The molecule has 6 heteroatoms. The van der Waals surface area contributed by atoms with Crippen molar-refractivity contribution in [2.75, 3.05) is 13.2 Å². The molecule has 1 fully saturated rings. The predicted octanol–water partition coefficient (Wildman–Crippen LogP) is 2.03. The molecule has 0 bridgehead atoms. The Kier molecular flexibility index (Phi) is 5.50. The van der Waals surface area contributed by atoms with Gasteiger partial charge in [0, 0.05) is 6.08 Å². The van der Waals surface area contributed by atoms with Gasteiger partial charge >= 0.3 is 12.1 Å². The molecule has 0 saturated carbocycles. The zero-order chi connectivity index (χ0) is 14.5. The van der Waals surface area contributed by atoms with E-state index in [0.29, 0.717) is 6.61 Å². The Morgan fingerprint density at radius 3 is 2.63 bits per heavy atom. The Bertz CT molecular complexity index is 358. The second-order valence-corrected chi connectivity index (χ2v) is 5.10. The zero-order valence-corrected chi connectivity index (χ0v) is 11.7. The molecule has 0 unspecified atom stereocenters. The smallest absolute Gasteiger partial charge is 0.434 e. The highest BCUT2D eigenvalue weighted by molar-refractivity contribution is 5.89. The summed E-state index contributed by atoms with van der Waals surface area (Å²) in [6.07, 6.45) is 1.31. The van der Waals surface area contributed by atoms with Crippen molar-refractivity contribution in [1.29, 1.82) is 0 Å². The molecule has 1 rings (SSSR count). The number of carbonyl (C=O) groups excluding carboxylic acids is 2. The van der Waals surface area contributed by atoms with Gasteiger partial charge in [0.2, 0.25) is 0 Å². The zero-order valence-electron chi connectivity index (χ0n) is 11.7. The maximum atomic E-state index is 11.3. The molecule has 0 spiro atoms. The second-order valence-electron chi connectivity index (χ2n) is 5.10. The van der Waals surface area contributed by atoms with Gasteiger partial charge in [-0.15, -0.1) is 0 Å². The van der Waals surface area contributed by atoms with E-state index in [1.807, 2.05) is 13.8 Å². The van der Waals surface area contributed by atoms with Gasteiger partial charge in [0.1, 0.15) is 6.10 Å². The third-order valence-corrected chi connectivity index (χ3v) is 2.20. The van der Waals surface area contributed by atoms with E-state index in [-0.39, 0.29) is 18.6 Å². The quantitative estimate of drug-likeness (QED) is 0.443. The second kappa shape index (κ2) is 6.68. The summed E-state index contributed by atoms with van der Waals surface area (Å²) in [6, 6.07) is 0. The minimum absolute atomic E-state index is 0.185. The molecule has 0 aromatic heterocycles. The fourth-order valence-corrected chi connectivity index (χ4v) is 1.38. The van der Waals surface area contributed by atoms with Crippen LogP contribution in [0, 0.1) is 5.92 Å². The summed E-state index contributed by atoms with van der Waals surface area (Å²) in [6.45, 7) is 7.89. The SMILES string of the molecule is CC(C)COC(=O)OC(=O)/C=C\[C@H]1COC(C)(C)O1. The summed E-state index contributed by atoms with van der Waals surface area (Å²) in [7, 11) is 0. The lowest BCUT2D eigenvalue weighted by atomic mass is 10.2. The molecular weight excluding hydrogens is 252 g/mol. The van der Waals surface area contributed by atoms with E-state index in [4.69, 9.17) is 14.2 Å². The van der Waals surface area contributed by atoms with E-state index in [9.17, 15) is 9.59 Å². The van der Waals surface area contributed by atoms with Crippen LogP contribution in [0.5, 0.6) is 0 Å². The van der Waals surface area contributed by atoms with Crippen LogP contribution >= 0.6 is 0 Å². The standard InChI is InChI=1S/C13H20O6/c1-9(2)7-16-12(15)18-11(14)6-5-10-8-17-13(3,4)19-10/h5-6,9-10H,7-8H2,1-4H3/b6-5-/t10-/m0/s1. The van der Waals surface area contributed by atoms with Gasteiger partial charge in [-0.1, -0.05) is 13.8 Å². The first-order valence-corrected chi connectivity index (χ1v) is 6.17. The summed E-state index contributed by atoms with van der Waals surface area (Å²) >= 11 is 0. The Morgan fingerprint density at radius 1 is 1.42 bits per heavy atom. The fourth-order valence-electron chi connectivity index (χ4n) is 1.38. The lowest BCUT2D eigenvalue weighted by Gasteiger charge is -2.15. The minimum Gasteiger partial charge on any atom is -0.434 e. The van der Waals surface area contributed by atoms with Crippen LogP contribution in [0.25, 0.3) is 0 Å². The molecule has 0 N–H and O–H groups in total. The first kappa shape index (κ1) is 15.7. The molecule has 108 valence electrons. The lowest BCUT2D eigenvalue weighted by molar-refractivity contribution is -0.136. The van der Waals surface area contributed by atoms with Gasteiger partial charge < -0.3 is 18.9 Å². The highest BCUT2D eigenvalue weighted by Crippen LogP contribution is 2.22. The van der Waals surface area contributed by atoms with Gasteiger partial charge in [-0.25, -0.2) is 9.59 Å². The van der Waals surface area contributed by atoms with Crippen molar-refractivity contribution in [3.8, 4) is 0 Å². The molecule has 1 aliphatic heterocycles. The third-order valence-electron chi connectivity index (χ3n) is 2.20. The number of hydrogen-bond donors (Lipinski definition) is 0. The molecule has 0 aliphatic carbocycles. The van der Waals surface area contributed by atoms with Gasteiger partial charge in [0.25, 0.3) is 0 Å². The summed E-state index contributed by atoms with van der Waals surface area (Å²) in [4.78, 5) is 22.4. The third kappa shape index (κ3) is 6.35. The van der Waals surface area contributed by atoms with Crippen molar-refractivity contribution in [1.82, 2.24) is 0 Å².